The Morgan fingerprint density at radius 1 is 1.63 bits per heavy atom. The van der Waals surface area contributed by atoms with Crippen LogP contribution in [0.15, 0.2) is 0 Å². The zero-order valence-electron chi connectivity index (χ0n) is 11.7. The number of aryl methyl sites for hydroxylation is 2. The average Bonchev–Trinajstić information content (AvgIpc) is 3.01. The molecule has 0 amide bonds. The van der Waals surface area contributed by atoms with Crippen LogP contribution in [0.1, 0.15) is 37.6 Å². The quantitative estimate of drug-likeness (QED) is 0.618. The van der Waals surface area contributed by atoms with Crippen molar-refractivity contribution in [3.8, 4) is 0 Å². The fourth-order valence-corrected chi connectivity index (χ4v) is 2.87. The molecule has 1 fully saturated rings. The molecule has 5 nitrogen and oxygen atoms in total. The molecule has 0 spiro atoms. The van der Waals surface area contributed by atoms with E-state index in [1.165, 1.54) is 0 Å². The summed E-state index contributed by atoms with van der Waals surface area (Å²) in [6.45, 7) is 5.69. The Kier molecular flexibility index (Phi) is 5.21. The summed E-state index contributed by atoms with van der Waals surface area (Å²) >= 11 is 6.33. The highest BCUT2D eigenvalue weighted by atomic mass is 35.5. The van der Waals surface area contributed by atoms with Crippen molar-refractivity contribution in [1.82, 2.24) is 15.2 Å². The van der Waals surface area contributed by atoms with Gasteiger partial charge in [-0.05, 0) is 33.1 Å². The lowest BCUT2D eigenvalue weighted by Crippen LogP contribution is -2.39. The normalized spacial score (nSPS) is 20.9. The molecule has 0 saturated carbocycles. The molecule has 2 atom stereocenters. The number of nitrogens with zero attached hydrogens (tertiary/aromatic N) is 2. The van der Waals surface area contributed by atoms with Crippen molar-refractivity contribution >= 4 is 11.6 Å². The molecular formula is C13H23ClN4O. The summed E-state index contributed by atoms with van der Waals surface area (Å²) in [5.41, 5.74) is 4.82. The van der Waals surface area contributed by atoms with E-state index in [1.807, 2.05) is 11.6 Å². The zero-order valence-corrected chi connectivity index (χ0v) is 12.4. The molecule has 3 N–H and O–H groups in total. The SMILES string of the molecule is CCn1nc(C)c(Cl)c1CC(CC1CCCO1)NN. The maximum Gasteiger partial charge on any atom is 0.0847 e. The minimum Gasteiger partial charge on any atom is -0.378 e. The summed E-state index contributed by atoms with van der Waals surface area (Å²) in [6.07, 6.45) is 4.29. The van der Waals surface area contributed by atoms with E-state index in [1.54, 1.807) is 0 Å². The Morgan fingerprint density at radius 3 is 3.00 bits per heavy atom. The smallest absolute Gasteiger partial charge is 0.0847 e. The first-order chi connectivity index (χ1) is 9.15. The lowest BCUT2D eigenvalue weighted by atomic mass is 10.0. The Morgan fingerprint density at radius 2 is 2.42 bits per heavy atom. The van der Waals surface area contributed by atoms with Crippen LogP contribution in [0.3, 0.4) is 0 Å². The van der Waals surface area contributed by atoms with Crippen molar-refractivity contribution in [3.63, 3.8) is 0 Å². The van der Waals surface area contributed by atoms with Crippen LogP contribution in [-0.4, -0.2) is 28.5 Å². The zero-order chi connectivity index (χ0) is 13.8. The predicted octanol–water partition coefficient (Wildman–Crippen LogP) is 1.81. The fourth-order valence-electron chi connectivity index (χ4n) is 2.66. The molecule has 1 saturated heterocycles. The first-order valence-corrected chi connectivity index (χ1v) is 7.33. The number of rotatable bonds is 6. The Labute approximate surface area is 119 Å². The highest BCUT2D eigenvalue weighted by Gasteiger charge is 2.23. The number of ether oxygens (including phenoxy) is 1. The largest absolute Gasteiger partial charge is 0.378 e. The summed E-state index contributed by atoms with van der Waals surface area (Å²) in [4.78, 5) is 0. The number of halogens is 1. The van der Waals surface area contributed by atoms with E-state index in [2.05, 4.69) is 17.4 Å². The molecule has 2 heterocycles. The van der Waals surface area contributed by atoms with E-state index in [-0.39, 0.29) is 6.04 Å². The average molecular weight is 287 g/mol. The van der Waals surface area contributed by atoms with Crippen molar-refractivity contribution in [2.75, 3.05) is 6.61 Å². The molecule has 6 heteroatoms. The van der Waals surface area contributed by atoms with Gasteiger partial charge in [-0.3, -0.25) is 16.0 Å². The molecule has 0 aliphatic carbocycles. The fraction of sp³-hybridized carbons (Fsp3) is 0.769. The highest BCUT2D eigenvalue weighted by molar-refractivity contribution is 6.31. The third-order valence-electron chi connectivity index (χ3n) is 3.70. The van der Waals surface area contributed by atoms with Crippen LogP contribution in [0, 0.1) is 6.92 Å². The van der Waals surface area contributed by atoms with Crippen molar-refractivity contribution in [2.24, 2.45) is 5.84 Å². The maximum absolute atomic E-state index is 6.33. The van der Waals surface area contributed by atoms with Gasteiger partial charge in [0.1, 0.15) is 0 Å². The number of nitrogens with one attached hydrogen (secondary N) is 1. The molecule has 0 aromatic carbocycles. The molecule has 108 valence electrons. The molecule has 1 aliphatic heterocycles. The summed E-state index contributed by atoms with van der Waals surface area (Å²) in [7, 11) is 0. The second-order valence-electron chi connectivity index (χ2n) is 5.10. The Balaban J connectivity index is 2.04. The van der Waals surface area contributed by atoms with Crippen LogP contribution >= 0.6 is 11.6 Å². The number of nitrogens with two attached hydrogens (primary N) is 1. The first-order valence-electron chi connectivity index (χ1n) is 6.95. The van der Waals surface area contributed by atoms with E-state index in [0.29, 0.717) is 6.10 Å². The van der Waals surface area contributed by atoms with Gasteiger partial charge in [-0.2, -0.15) is 5.10 Å². The standard InChI is InChI=1S/C13H23ClN4O/c1-3-18-12(13(14)9(2)17-18)8-10(16-15)7-11-5-4-6-19-11/h10-11,16H,3-8,15H2,1-2H3. The van der Waals surface area contributed by atoms with Gasteiger partial charge in [-0.15, -0.1) is 0 Å². The Hall–Kier alpha value is -0.620. The monoisotopic (exact) mass is 286 g/mol. The van der Waals surface area contributed by atoms with Gasteiger partial charge in [-0.25, -0.2) is 0 Å². The molecule has 19 heavy (non-hydrogen) atoms. The number of hydrazine groups is 1. The second-order valence-corrected chi connectivity index (χ2v) is 5.48. The van der Waals surface area contributed by atoms with Crippen LogP contribution in [-0.2, 0) is 17.7 Å². The van der Waals surface area contributed by atoms with E-state index in [9.17, 15) is 0 Å². The third kappa shape index (κ3) is 3.48. The molecule has 2 rings (SSSR count). The van der Waals surface area contributed by atoms with Gasteiger partial charge < -0.3 is 4.74 Å². The molecule has 1 aliphatic rings. The van der Waals surface area contributed by atoms with Gasteiger partial charge in [-0.1, -0.05) is 11.6 Å². The van der Waals surface area contributed by atoms with Crippen LogP contribution in [0.25, 0.3) is 0 Å². The summed E-state index contributed by atoms with van der Waals surface area (Å²) in [5, 5.41) is 5.19. The maximum atomic E-state index is 6.33. The lowest BCUT2D eigenvalue weighted by Gasteiger charge is -2.20. The number of aromatic nitrogens is 2. The van der Waals surface area contributed by atoms with E-state index >= 15 is 0 Å². The molecule has 1 aromatic rings. The molecule has 2 unspecified atom stereocenters. The van der Waals surface area contributed by atoms with Crippen LogP contribution in [0.5, 0.6) is 0 Å². The van der Waals surface area contributed by atoms with Gasteiger partial charge >= 0.3 is 0 Å². The topological polar surface area (TPSA) is 65.1 Å². The number of hydrogen-bond acceptors (Lipinski definition) is 4. The van der Waals surface area contributed by atoms with Crippen molar-refractivity contribution < 1.29 is 4.74 Å². The van der Waals surface area contributed by atoms with Crippen LogP contribution < -0.4 is 11.3 Å². The van der Waals surface area contributed by atoms with E-state index in [0.717, 1.165) is 55.2 Å². The summed E-state index contributed by atoms with van der Waals surface area (Å²) in [6, 6.07) is 0.169. The van der Waals surface area contributed by atoms with Crippen molar-refractivity contribution in [3.05, 3.63) is 16.4 Å². The predicted molar refractivity (Wildman–Crippen MR) is 76.1 cm³/mol. The Bertz CT molecular complexity index is 415. The van der Waals surface area contributed by atoms with Gasteiger partial charge in [0.25, 0.3) is 0 Å². The molecule has 1 aromatic heterocycles. The second kappa shape index (κ2) is 6.70. The van der Waals surface area contributed by atoms with Crippen molar-refractivity contribution in [1.29, 1.82) is 0 Å². The van der Waals surface area contributed by atoms with Gasteiger partial charge in [0.2, 0.25) is 0 Å². The highest BCUT2D eigenvalue weighted by Crippen LogP contribution is 2.24. The van der Waals surface area contributed by atoms with Gasteiger partial charge in [0, 0.05) is 25.6 Å². The van der Waals surface area contributed by atoms with Crippen molar-refractivity contribution in [2.45, 2.75) is 58.2 Å². The minimum absolute atomic E-state index is 0.169. The lowest BCUT2D eigenvalue weighted by molar-refractivity contribution is 0.0944. The first kappa shape index (κ1) is 14.8. The number of hydrogen-bond donors (Lipinski definition) is 2. The summed E-state index contributed by atoms with van der Waals surface area (Å²) in [5.74, 6) is 5.67. The van der Waals surface area contributed by atoms with Gasteiger partial charge in [0.15, 0.2) is 0 Å². The summed E-state index contributed by atoms with van der Waals surface area (Å²) < 4.78 is 7.62. The van der Waals surface area contributed by atoms with E-state index in [4.69, 9.17) is 22.2 Å². The molecular weight excluding hydrogens is 264 g/mol. The minimum atomic E-state index is 0.169. The third-order valence-corrected chi connectivity index (χ3v) is 4.19. The van der Waals surface area contributed by atoms with E-state index < -0.39 is 0 Å². The molecule has 0 radical (unpaired) electrons. The van der Waals surface area contributed by atoms with Crippen LogP contribution in [0.2, 0.25) is 5.02 Å². The molecule has 0 bridgehead atoms. The van der Waals surface area contributed by atoms with Gasteiger partial charge in [0.05, 0.1) is 22.5 Å². The van der Waals surface area contributed by atoms with Crippen LogP contribution in [0.4, 0.5) is 0 Å².